The van der Waals surface area contributed by atoms with Crippen LogP contribution in [0.5, 0.6) is 17.2 Å². The van der Waals surface area contributed by atoms with Crippen LogP contribution in [0.4, 0.5) is 8.78 Å². The summed E-state index contributed by atoms with van der Waals surface area (Å²) >= 11 is 24.6. The summed E-state index contributed by atoms with van der Waals surface area (Å²) < 4.78 is 92.5. The summed E-state index contributed by atoms with van der Waals surface area (Å²) in [6.07, 6.45) is 0. The summed E-state index contributed by atoms with van der Waals surface area (Å²) in [5, 5.41) is 10.7. The van der Waals surface area contributed by atoms with Crippen LogP contribution in [0.3, 0.4) is 0 Å². The second-order valence-electron chi connectivity index (χ2n) is 12.5. The van der Waals surface area contributed by atoms with E-state index >= 15 is 0 Å². The smallest absolute Gasteiger partial charge is 0.247 e. The highest BCUT2D eigenvalue weighted by atomic mass is 35.5. The molecule has 0 saturated carbocycles. The first kappa shape index (κ1) is 40.7. The summed E-state index contributed by atoms with van der Waals surface area (Å²) in [6.45, 7) is 2.97. The first-order valence-electron chi connectivity index (χ1n) is 15.9. The Bertz CT molecular complexity index is 2310. The topological polar surface area (TPSA) is 104 Å². The monoisotopic (exact) mass is 842 g/mol. The van der Waals surface area contributed by atoms with Gasteiger partial charge in [0.05, 0.1) is 9.92 Å². The van der Waals surface area contributed by atoms with Gasteiger partial charge in [0.15, 0.2) is 5.75 Å². The molecule has 0 fully saturated rings. The Morgan fingerprint density at radius 1 is 0.623 bits per heavy atom. The van der Waals surface area contributed by atoms with Crippen LogP contribution in [0.2, 0.25) is 20.1 Å². The van der Waals surface area contributed by atoms with Crippen molar-refractivity contribution < 1.29 is 35.5 Å². The van der Waals surface area contributed by atoms with Gasteiger partial charge in [-0.05, 0) is 101 Å². The molecule has 0 aliphatic rings. The van der Waals surface area contributed by atoms with Crippen LogP contribution in [0.15, 0.2) is 107 Å². The number of benzene rings is 5. The molecule has 280 valence electrons. The number of hydrogen-bond donors (Lipinski definition) is 1. The molecule has 0 aliphatic heterocycles. The van der Waals surface area contributed by atoms with Crippen LogP contribution in [0, 0.1) is 17.6 Å². The summed E-state index contributed by atoms with van der Waals surface area (Å²) in [7, 11) is -8.75. The number of aromatic hydroxyl groups is 1. The van der Waals surface area contributed by atoms with Crippen molar-refractivity contribution in [3.05, 3.63) is 145 Å². The maximum Gasteiger partial charge on any atom is 0.247 e. The highest BCUT2D eigenvalue weighted by Gasteiger charge is 2.31. The van der Waals surface area contributed by atoms with Gasteiger partial charge >= 0.3 is 0 Å². The second kappa shape index (κ2) is 16.9. The second-order valence-corrected chi connectivity index (χ2v) is 18.0. The van der Waals surface area contributed by atoms with Crippen LogP contribution < -0.4 is 4.74 Å². The maximum atomic E-state index is 14.3. The molecule has 16 heteroatoms. The highest BCUT2D eigenvalue weighted by Crippen LogP contribution is 2.37. The van der Waals surface area contributed by atoms with Gasteiger partial charge in [-0.15, -0.1) is 0 Å². The van der Waals surface area contributed by atoms with E-state index in [0.717, 1.165) is 10.4 Å². The van der Waals surface area contributed by atoms with Crippen molar-refractivity contribution in [2.75, 3.05) is 6.54 Å². The molecule has 0 aromatic heterocycles. The van der Waals surface area contributed by atoms with Crippen molar-refractivity contribution in [1.82, 2.24) is 8.61 Å². The van der Waals surface area contributed by atoms with E-state index in [1.807, 2.05) is 13.8 Å². The molecule has 0 saturated heterocycles. The Hall–Kier alpha value is -3.46. The lowest BCUT2D eigenvalue weighted by atomic mass is 10.1. The number of sulfonamides is 2. The largest absolute Gasteiger partial charge is 0.505 e. The number of rotatable bonds is 14. The summed E-state index contributed by atoms with van der Waals surface area (Å²) in [6, 6.07) is 21.4. The number of halogens is 6. The van der Waals surface area contributed by atoms with Crippen LogP contribution in [0.1, 0.15) is 30.5 Å². The average molecular weight is 845 g/mol. The standard InChI is InChI=1S/C37H32Cl4F2N2O6S2/c1-23(2)19-44(52(47,48)34-15-27(38)14-28(39)16-34)21-25-11-26(13-33(12-25)51-32-9-7-31(43)8-10-32)22-45(20-24-3-5-30(42)6-4-24)53(49,50)36-18-29(40)17-35(41)37(36)46/h3-18,23,46H,19-22H2,1-2H3. The number of ether oxygens (including phenoxy) is 1. The predicted octanol–water partition coefficient (Wildman–Crippen LogP) is 10.3. The lowest BCUT2D eigenvalue weighted by molar-refractivity contribution is 0.360. The van der Waals surface area contributed by atoms with Crippen LogP contribution in [0.25, 0.3) is 0 Å². The number of nitrogens with zero attached hydrogens (tertiary/aromatic N) is 2. The summed E-state index contributed by atoms with van der Waals surface area (Å²) in [4.78, 5) is -0.684. The molecule has 5 aromatic rings. The number of phenols is 1. The molecule has 0 unspecified atom stereocenters. The Balaban J connectivity index is 1.62. The van der Waals surface area contributed by atoms with Crippen molar-refractivity contribution in [3.63, 3.8) is 0 Å². The maximum absolute atomic E-state index is 14.3. The van der Waals surface area contributed by atoms with Gasteiger partial charge in [0.1, 0.15) is 28.0 Å². The molecule has 0 radical (unpaired) electrons. The zero-order chi connectivity index (χ0) is 38.7. The van der Waals surface area contributed by atoms with E-state index in [4.69, 9.17) is 51.1 Å². The van der Waals surface area contributed by atoms with Gasteiger partial charge < -0.3 is 9.84 Å². The van der Waals surface area contributed by atoms with Gasteiger partial charge in [0, 0.05) is 41.2 Å². The third-order valence-electron chi connectivity index (χ3n) is 7.72. The molecular formula is C37H32Cl4F2N2O6S2. The lowest BCUT2D eigenvalue weighted by Gasteiger charge is -2.26. The van der Waals surface area contributed by atoms with Gasteiger partial charge in [-0.3, -0.25) is 0 Å². The summed E-state index contributed by atoms with van der Waals surface area (Å²) in [5.74, 6) is -1.42. The van der Waals surface area contributed by atoms with Gasteiger partial charge in [-0.2, -0.15) is 8.61 Å². The molecule has 0 aliphatic carbocycles. The minimum absolute atomic E-state index is 0.0440. The SMILES string of the molecule is CC(C)CN(Cc1cc(CN(Cc2ccc(F)cc2)S(=O)(=O)c2cc(Cl)cc(Cl)c2O)cc(Oc2ccc(F)cc2)c1)S(=O)(=O)c1cc(Cl)cc(Cl)c1. The fourth-order valence-electron chi connectivity index (χ4n) is 5.39. The van der Waals surface area contributed by atoms with E-state index in [2.05, 4.69) is 0 Å². The molecule has 0 atom stereocenters. The normalized spacial score (nSPS) is 12.2. The molecule has 0 heterocycles. The molecule has 5 rings (SSSR count). The molecule has 8 nitrogen and oxygen atoms in total. The number of phenolic OH excluding ortho intramolecular Hbond substituents is 1. The Kier molecular flexibility index (Phi) is 13.0. The lowest BCUT2D eigenvalue weighted by Crippen LogP contribution is -2.34. The Morgan fingerprint density at radius 3 is 1.70 bits per heavy atom. The van der Waals surface area contributed by atoms with Gasteiger partial charge in [-0.25, -0.2) is 25.6 Å². The summed E-state index contributed by atoms with van der Waals surface area (Å²) in [5.41, 5.74) is 1.16. The fraction of sp³-hybridized carbons (Fsp3) is 0.189. The van der Waals surface area contributed by atoms with Crippen molar-refractivity contribution >= 4 is 66.5 Å². The third-order valence-corrected chi connectivity index (χ3v) is 12.3. The van der Waals surface area contributed by atoms with Crippen LogP contribution in [-0.2, 0) is 39.7 Å². The number of hydrogen-bond acceptors (Lipinski definition) is 6. The Labute approximate surface area is 327 Å². The van der Waals surface area contributed by atoms with Crippen LogP contribution >= 0.6 is 46.4 Å². The highest BCUT2D eigenvalue weighted by molar-refractivity contribution is 7.89. The Morgan fingerprint density at radius 2 is 1.13 bits per heavy atom. The zero-order valence-electron chi connectivity index (χ0n) is 28.1. The van der Waals surface area contributed by atoms with E-state index < -0.39 is 42.3 Å². The minimum Gasteiger partial charge on any atom is -0.505 e. The van der Waals surface area contributed by atoms with E-state index in [1.54, 1.807) is 18.2 Å². The molecule has 5 aromatic carbocycles. The van der Waals surface area contributed by atoms with E-state index in [0.29, 0.717) is 16.7 Å². The first-order chi connectivity index (χ1) is 24.9. The first-order valence-corrected chi connectivity index (χ1v) is 20.2. The molecule has 1 N–H and O–H groups in total. The molecule has 0 spiro atoms. The van der Waals surface area contributed by atoms with Crippen molar-refractivity contribution in [2.24, 2.45) is 5.92 Å². The van der Waals surface area contributed by atoms with Gasteiger partial charge in [0.25, 0.3) is 0 Å². The van der Waals surface area contributed by atoms with E-state index in [1.165, 1.54) is 77.1 Å². The van der Waals surface area contributed by atoms with Crippen molar-refractivity contribution in [1.29, 1.82) is 0 Å². The molecule has 53 heavy (non-hydrogen) atoms. The van der Waals surface area contributed by atoms with Gasteiger partial charge in [0.2, 0.25) is 20.0 Å². The quantitative estimate of drug-likeness (QED) is 0.119. The molecule has 0 bridgehead atoms. The predicted molar refractivity (Wildman–Crippen MR) is 203 cm³/mol. The van der Waals surface area contributed by atoms with E-state index in [9.17, 15) is 30.7 Å². The fourth-order valence-corrected chi connectivity index (χ4v) is 9.87. The average Bonchev–Trinajstić information content (AvgIpc) is 3.07. The molecule has 0 amide bonds. The third kappa shape index (κ3) is 10.4. The van der Waals surface area contributed by atoms with Crippen LogP contribution in [-0.4, -0.2) is 37.1 Å². The van der Waals surface area contributed by atoms with Gasteiger partial charge in [-0.1, -0.05) is 78.5 Å². The van der Waals surface area contributed by atoms with Crippen molar-refractivity contribution in [3.8, 4) is 17.2 Å². The van der Waals surface area contributed by atoms with Crippen molar-refractivity contribution in [2.45, 2.75) is 43.3 Å². The minimum atomic E-state index is -4.57. The molecular weight excluding hydrogens is 812 g/mol. The van der Waals surface area contributed by atoms with E-state index in [-0.39, 0.29) is 68.6 Å². The zero-order valence-corrected chi connectivity index (χ0v) is 32.8.